The lowest BCUT2D eigenvalue weighted by Crippen LogP contribution is -2.22. The number of hydrogen-bond acceptors (Lipinski definition) is 7. The van der Waals surface area contributed by atoms with E-state index in [0.717, 1.165) is 38.4 Å². The van der Waals surface area contributed by atoms with Gasteiger partial charge in [-0.2, -0.15) is 0 Å². The number of amides is 1. The number of benzene rings is 1. The number of carbonyl (C=O) groups excluding carboxylic acids is 2. The zero-order valence-corrected chi connectivity index (χ0v) is 19.6. The normalized spacial score (nSPS) is 12.1. The maximum Gasteiger partial charge on any atom is 0.350 e. The standard InChI is InChI=1S/C22H25N3O3S2/c1-7-28-21(27)19-14(5)23-22(30-19)25-20(26)15(6)29-17-10-12(3)16-9-11(2)8-13(4)18(16)24-17/h8-10,15H,7H2,1-6H3,(H,23,25,26). The minimum Gasteiger partial charge on any atom is -0.462 e. The minimum absolute atomic E-state index is 0.190. The Bertz CT molecular complexity index is 1120. The molecule has 0 aliphatic rings. The molecular weight excluding hydrogens is 418 g/mol. The molecule has 2 heterocycles. The molecule has 0 spiro atoms. The highest BCUT2D eigenvalue weighted by Gasteiger charge is 2.21. The highest BCUT2D eigenvalue weighted by molar-refractivity contribution is 8.00. The van der Waals surface area contributed by atoms with Gasteiger partial charge in [0.05, 0.1) is 28.1 Å². The van der Waals surface area contributed by atoms with Gasteiger partial charge in [0.2, 0.25) is 5.91 Å². The van der Waals surface area contributed by atoms with Crippen LogP contribution in [0.4, 0.5) is 5.13 Å². The van der Waals surface area contributed by atoms with Crippen molar-refractivity contribution in [1.82, 2.24) is 9.97 Å². The number of fused-ring (bicyclic) bond motifs is 1. The van der Waals surface area contributed by atoms with E-state index in [9.17, 15) is 9.59 Å². The van der Waals surface area contributed by atoms with Crippen LogP contribution in [0.25, 0.3) is 10.9 Å². The van der Waals surface area contributed by atoms with Crippen LogP contribution in [0.3, 0.4) is 0 Å². The Labute approximate surface area is 184 Å². The molecule has 2 aromatic heterocycles. The second-order valence-electron chi connectivity index (χ2n) is 7.16. The first-order valence-electron chi connectivity index (χ1n) is 9.70. The van der Waals surface area contributed by atoms with Crippen LogP contribution in [-0.4, -0.2) is 33.7 Å². The maximum absolute atomic E-state index is 12.7. The van der Waals surface area contributed by atoms with E-state index in [-0.39, 0.29) is 11.2 Å². The topological polar surface area (TPSA) is 81.2 Å². The molecule has 0 aliphatic heterocycles. The van der Waals surface area contributed by atoms with Gasteiger partial charge in [0.15, 0.2) is 5.13 Å². The molecule has 0 radical (unpaired) electrons. The first-order chi connectivity index (χ1) is 14.2. The van der Waals surface area contributed by atoms with Gasteiger partial charge in [0, 0.05) is 5.39 Å². The number of hydrogen-bond donors (Lipinski definition) is 1. The maximum atomic E-state index is 12.7. The third-order valence-corrected chi connectivity index (χ3v) is 6.66. The lowest BCUT2D eigenvalue weighted by Gasteiger charge is -2.13. The molecule has 3 aromatic rings. The third-order valence-electron chi connectivity index (χ3n) is 4.59. The zero-order valence-electron chi connectivity index (χ0n) is 18.0. The fourth-order valence-electron chi connectivity index (χ4n) is 3.15. The van der Waals surface area contributed by atoms with Crippen molar-refractivity contribution < 1.29 is 14.3 Å². The van der Waals surface area contributed by atoms with Crippen molar-refractivity contribution in [2.45, 2.75) is 51.8 Å². The molecule has 6 nitrogen and oxygen atoms in total. The SMILES string of the molecule is CCOC(=O)c1sc(NC(=O)C(C)Sc2cc(C)c3cc(C)cc(C)c3n2)nc1C. The molecule has 0 saturated heterocycles. The number of ether oxygens (including phenoxy) is 1. The van der Waals surface area contributed by atoms with E-state index in [1.165, 1.54) is 17.3 Å². The van der Waals surface area contributed by atoms with Gasteiger partial charge in [-0.15, -0.1) is 0 Å². The summed E-state index contributed by atoms with van der Waals surface area (Å²) in [4.78, 5) is 34.1. The van der Waals surface area contributed by atoms with Crippen LogP contribution in [0.5, 0.6) is 0 Å². The lowest BCUT2D eigenvalue weighted by molar-refractivity contribution is -0.115. The van der Waals surface area contributed by atoms with E-state index in [0.29, 0.717) is 22.3 Å². The Kier molecular flexibility index (Phi) is 6.77. The van der Waals surface area contributed by atoms with E-state index in [2.05, 4.69) is 43.2 Å². The highest BCUT2D eigenvalue weighted by atomic mass is 32.2. The molecule has 1 amide bonds. The van der Waals surface area contributed by atoms with Crippen LogP contribution in [0.1, 0.15) is 45.9 Å². The zero-order chi connectivity index (χ0) is 22.0. The van der Waals surface area contributed by atoms with Gasteiger partial charge in [0.1, 0.15) is 4.88 Å². The van der Waals surface area contributed by atoms with Crippen molar-refractivity contribution in [1.29, 1.82) is 0 Å². The molecule has 0 aliphatic carbocycles. The van der Waals surface area contributed by atoms with E-state index in [1.807, 2.05) is 13.0 Å². The number of esters is 1. The first-order valence-corrected chi connectivity index (χ1v) is 11.4. The second-order valence-corrected chi connectivity index (χ2v) is 9.52. The predicted molar refractivity (Wildman–Crippen MR) is 123 cm³/mol. The summed E-state index contributed by atoms with van der Waals surface area (Å²) < 4.78 is 5.02. The second kappa shape index (κ2) is 9.14. The average Bonchev–Trinajstić information content (AvgIpc) is 3.03. The summed E-state index contributed by atoms with van der Waals surface area (Å²) in [6, 6.07) is 6.27. The van der Waals surface area contributed by atoms with Crippen LogP contribution < -0.4 is 5.32 Å². The number of carbonyl (C=O) groups is 2. The summed E-state index contributed by atoms with van der Waals surface area (Å²) in [5.41, 5.74) is 4.98. The molecule has 3 rings (SSSR count). The molecule has 158 valence electrons. The summed E-state index contributed by atoms with van der Waals surface area (Å²) in [7, 11) is 0. The van der Waals surface area contributed by atoms with Crippen LogP contribution >= 0.6 is 23.1 Å². The summed E-state index contributed by atoms with van der Waals surface area (Å²) in [6.45, 7) is 11.8. The lowest BCUT2D eigenvalue weighted by atomic mass is 10.0. The Morgan fingerprint density at radius 1 is 1.13 bits per heavy atom. The average molecular weight is 444 g/mol. The number of aromatic nitrogens is 2. The Hall–Kier alpha value is -2.45. The molecule has 1 atom stereocenters. The summed E-state index contributed by atoms with van der Waals surface area (Å²) >= 11 is 2.53. The third kappa shape index (κ3) is 4.82. The fraction of sp³-hybridized carbons (Fsp3) is 0.364. The Morgan fingerprint density at radius 3 is 2.57 bits per heavy atom. The van der Waals surface area contributed by atoms with Crippen molar-refractivity contribution in [3.05, 3.63) is 45.5 Å². The van der Waals surface area contributed by atoms with Crippen molar-refractivity contribution >= 4 is 51.0 Å². The molecule has 1 N–H and O–H groups in total. The van der Waals surface area contributed by atoms with Crippen LogP contribution in [0, 0.1) is 27.7 Å². The number of pyridine rings is 1. The Morgan fingerprint density at radius 2 is 1.87 bits per heavy atom. The molecule has 0 fully saturated rings. The van der Waals surface area contributed by atoms with Crippen molar-refractivity contribution in [2.75, 3.05) is 11.9 Å². The van der Waals surface area contributed by atoms with E-state index >= 15 is 0 Å². The number of rotatable bonds is 6. The van der Waals surface area contributed by atoms with Gasteiger partial charge in [-0.3, -0.25) is 4.79 Å². The molecule has 1 aromatic carbocycles. The van der Waals surface area contributed by atoms with Crippen LogP contribution in [0.15, 0.2) is 23.2 Å². The highest BCUT2D eigenvalue weighted by Crippen LogP contribution is 2.30. The summed E-state index contributed by atoms with van der Waals surface area (Å²) in [5.74, 6) is -0.610. The molecule has 30 heavy (non-hydrogen) atoms. The number of aryl methyl sites for hydroxylation is 4. The number of nitrogens with one attached hydrogen (secondary N) is 1. The molecule has 8 heteroatoms. The van der Waals surface area contributed by atoms with Crippen LogP contribution in [-0.2, 0) is 9.53 Å². The molecule has 1 unspecified atom stereocenters. The number of anilines is 1. The monoisotopic (exact) mass is 443 g/mol. The number of thioether (sulfide) groups is 1. The van der Waals surface area contributed by atoms with Crippen molar-refractivity contribution in [3.8, 4) is 0 Å². The minimum atomic E-state index is -0.420. The van der Waals surface area contributed by atoms with Gasteiger partial charge >= 0.3 is 5.97 Å². The summed E-state index contributed by atoms with van der Waals surface area (Å²) in [5, 5.41) is 4.75. The predicted octanol–water partition coefficient (Wildman–Crippen LogP) is 5.22. The van der Waals surface area contributed by atoms with Crippen molar-refractivity contribution in [3.63, 3.8) is 0 Å². The number of nitrogens with zero attached hydrogens (tertiary/aromatic N) is 2. The van der Waals surface area contributed by atoms with Gasteiger partial charge in [-0.1, -0.05) is 34.7 Å². The van der Waals surface area contributed by atoms with E-state index in [1.54, 1.807) is 13.8 Å². The Balaban J connectivity index is 1.75. The first kappa shape index (κ1) is 22.2. The summed E-state index contributed by atoms with van der Waals surface area (Å²) in [6.07, 6.45) is 0. The largest absolute Gasteiger partial charge is 0.462 e. The fourth-order valence-corrected chi connectivity index (χ4v) is 4.93. The van der Waals surface area contributed by atoms with Gasteiger partial charge in [-0.25, -0.2) is 14.8 Å². The molecule has 0 bridgehead atoms. The van der Waals surface area contributed by atoms with E-state index in [4.69, 9.17) is 9.72 Å². The van der Waals surface area contributed by atoms with Crippen LogP contribution in [0.2, 0.25) is 0 Å². The van der Waals surface area contributed by atoms with Gasteiger partial charge < -0.3 is 10.1 Å². The van der Waals surface area contributed by atoms with E-state index < -0.39 is 5.97 Å². The molecule has 0 saturated carbocycles. The quantitative estimate of drug-likeness (QED) is 0.415. The van der Waals surface area contributed by atoms with Crippen molar-refractivity contribution in [2.24, 2.45) is 0 Å². The van der Waals surface area contributed by atoms with Gasteiger partial charge in [-0.05, 0) is 64.8 Å². The molecular formula is C22H25N3O3S2. The number of thiazole rings is 1. The smallest absolute Gasteiger partial charge is 0.350 e. The van der Waals surface area contributed by atoms with Gasteiger partial charge in [0.25, 0.3) is 0 Å².